The third-order valence-electron chi connectivity index (χ3n) is 5.20. The monoisotopic (exact) mass is 508 g/mol. The predicted octanol–water partition coefficient (Wildman–Crippen LogP) is 3.54. The van der Waals surface area contributed by atoms with E-state index in [4.69, 9.17) is 21.1 Å². The number of aromatic nitrogens is 1. The van der Waals surface area contributed by atoms with Gasteiger partial charge < -0.3 is 9.47 Å². The number of halogens is 1. The predicted molar refractivity (Wildman–Crippen MR) is 134 cm³/mol. The Morgan fingerprint density at radius 3 is 2.49 bits per heavy atom. The molecule has 2 aromatic carbocycles. The van der Waals surface area contributed by atoms with Gasteiger partial charge in [0, 0.05) is 11.9 Å². The van der Waals surface area contributed by atoms with Gasteiger partial charge in [0.2, 0.25) is 0 Å². The summed E-state index contributed by atoms with van der Waals surface area (Å²) in [7, 11) is 0. The Labute approximate surface area is 209 Å². The molecule has 0 radical (unpaired) electrons. The molecular formula is C26H21ClN2O5S. The minimum atomic E-state index is -0.776. The van der Waals surface area contributed by atoms with Crippen molar-refractivity contribution in [2.24, 2.45) is 4.99 Å². The molecule has 1 aliphatic rings. The lowest BCUT2D eigenvalue weighted by molar-refractivity contribution is -0.138. The number of fused-ring (bicyclic) bond motifs is 1. The van der Waals surface area contributed by atoms with Crippen LogP contribution in [0.2, 0.25) is 5.02 Å². The van der Waals surface area contributed by atoms with E-state index in [1.165, 1.54) is 28.9 Å². The highest BCUT2D eigenvalue weighted by molar-refractivity contribution is 7.07. The van der Waals surface area contributed by atoms with Crippen LogP contribution in [0, 0.1) is 0 Å². The quantitative estimate of drug-likeness (QED) is 0.289. The number of rotatable bonds is 6. The average molecular weight is 509 g/mol. The second-order valence-corrected chi connectivity index (χ2v) is 9.13. The van der Waals surface area contributed by atoms with Crippen molar-refractivity contribution in [2.45, 2.75) is 19.9 Å². The maximum Gasteiger partial charge on any atom is 0.338 e. The Balaban J connectivity index is 1.88. The van der Waals surface area contributed by atoms with Crippen molar-refractivity contribution in [3.05, 3.63) is 108 Å². The van der Waals surface area contributed by atoms with Gasteiger partial charge in [-0.2, -0.15) is 0 Å². The van der Waals surface area contributed by atoms with Crippen molar-refractivity contribution in [3.8, 4) is 5.75 Å². The number of nitrogens with zero attached hydrogens (tertiary/aromatic N) is 2. The van der Waals surface area contributed by atoms with Gasteiger partial charge in [-0.15, -0.1) is 0 Å². The van der Waals surface area contributed by atoms with Gasteiger partial charge in [-0.05, 0) is 48.4 Å². The lowest BCUT2D eigenvalue weighted by Gasteiger charge is -2.24. The van der Waals surface area contributed by atoms with Gasteiger partial charge >= 0.3 is 11.9 Å². The maximum atomic E-state index is 13.6. The van der Waals surface area contributed by atoms with Crippen LogP contribution in [0.25, 0.3) is 6.08 Å². The highest BCUT2D eigenvalue weighted by Gasteiger charge is 2.33. The third kappa shape index (κ3) is 5.18. The normalized spacial score (nSPS) is 15.3. The molecule has 0 spiro atoms. The molecule has 1 aliphatic heterocycles. The van der Waals surface area contributed by atoms with Crippen LogP contribution >= 0.6 is 22.9 Å². The molecule has 9 heteroatoms. The van der Waals surface area contributed by atoms with Crippen LogP contribution in [0.5, 0.6) is 5.75 Å². The molecular weight excluding hydrogens is 488 g/mol. The molecule has 4 rings (SSSR count). The Hall–Kier alpha value is -3.75. The molecule has 0 bridgehead atoms. The summed E-state index contributed by atoms with van der Waals surface area (Å²) >= 11 is 7.21. The summed E-state index contributed by atoms with van der Waals surface area (Å²) in [5, 5.41) is 0.596. The van der Waals surface area contributed by atoms with E-state index >= 15 is 0 Å². The van der Waals surface area contributed by atoms with E-state index in [-0.39, 0.29) is 17.7 Å². The molecule has 2 heterocycles. The smallest absolute Gasteiger partial charge is 0.338 e. The molecule has 0 N–H and O–H groups in total. The van der Waals surface area contributed by atoms with E-state index in [1.807, 2.05) is 12.1 Å². The molecule has 0 amide bonds. The Morgan fingerprint density at radius 1 is 1.17 bits per heavy atom. The number of benzene rings is 2. The van der Waals surface area contributed by atoms with E-state index in [0.29, 0.717) is 31.4 Å². The van der Waals surface area contributed by atoms with Crippen LogP contribution in [0.1, 0.15) is 31.0 Å². The van der Waals surface area contributed by atoms with Crippen LogP contribution in [0.3, 0.4) is 0 Å². The van der Waals surface area contributed by atoms with Crippen LogP contribution in [0.15, 0.2) is 82.2 Å². The number of carbonyl (C=O) groups is 2. The molecule has 0 aliphatic carbocycles. The summed E-state index contributed by atoms with van der Waals surface area (Å²) in [6.07, 6.45) is 3.23. The van der Waals surface area contributed by atoms with Crippen LogP contribution in [0.4, 0.5) is 0 Å². The number of ether oxygens (including phenoxy) is 2. The zero-order valence-corrected chi connectivity index (χ0v) is 20.6. The standard InChI is InChI=1S/C26H21ClN2O5S/c1-4-13-33-25(32)22-15(2)28-26-29(23(22)18-7-11-20(12-8-18)34-16(3)30)24(31)21(35-26)14-17-5-9-19(27)10-6-17/h4-12,14,23H,1,13H2,2-3H3/b21-14+/t23-/m0/s1. The lowest BCUT2D eigenvalue weighted by Crippen LogP contribution is -2.39. The van der Waals surface area contributed by atoms with Gasteiger partial charge in [0.25, 0.3) is 5.56 Å². The van der Waals surface area contributed by atoms with Crippen molar-refractivity contribution in [2.75, 3.05) is 6.61 Å². The molecule has 0 unspecified atom stereocenters. The average Bonchev–Trinajstić information content (AvgIpc) is 3.12. The van der Waals surface area contributed by atoms with Gasteiger partial charge in [0.15, 0.2) is 4.80 Å². The van der Waals surface area contributed by atoms with E-state index < -0.39 is 18.0 Å². The molecule has 1 aromatic heterocycles. The van der Waals surface area contributed by atoms with E-state index in [9.17, 15) is 14.4 Å². The minimum absolute atomic E-state index is 0.0225. The van der Waals surface area contributed by atoms with Crippen molar-refractivity contribution < 1.29 is 19.1 Å². The SMILES string of the molecule is C=CCOC(=O)C1=C(C)N=c2s/c(=C/c3ccc(Cl)cc3)c(=O)n2[C@H]1c1ccc(OC(C)=O)cc1. The number of hydrogen-bond acceptors (Lipinski definition) is 7. The van der Waals surface area contributed by atoms with Crippen LogP contribution in [-0.2, 0) is 14.3 Å². The summed E-state index contributed by atoms with van der Waals surface area (Å²) < 4.78 is 12.4. The molecule has 0 saturated carbocycles. The van der Waals surface area contributed by atoms with Crippen molar-refractivity contribution in [3.63, 3.8) is 0 Å². The first-order valence-electron chi connectivity index (χ1n) is 10.6. The first-order valence-corrected chi connectivity index (χ1v) is 11.8. The first-order chi connectivity index (χ1) is 16.8. The fourth-order valence-electron chi connectivity index (χ4n) is 3.70. The van der Waals surface area contributed by atoms with Crippen molar-refractivity contribution >= 4 is 41.0 Å². The Bertz CT molecular complexity index is 1520. The number of hydrogen-bond donors (Lipinski definition) is 0. The number of esters is 2. The van der Waals surface area contributed by atoms with Gasteiger partial charge in [-0.1, -0.05) is 59.9 Å². The third-order valence-corrected chi connectivity index (χ3v) is 6.43. The summed E-state index contributed by atoms with van der Waals surface area (Å²) in [6, 6.07) is 13.0. The number of allylic oxidation sites excluding steroid dienone is 1. The molecule has 1 atom stereocenters. The molecule has 35 heavy (non-hydrogen) atoms. The van der Waals surface area contributed by atoms with E-state index in [1.54, 1.807) is 49.4 Å². The van der Waals surface area contributed by atoms with E-state index in [2.05, 4.69) is 11.6 Å². The summed E-state index contributed by atoms with van der Waals surface area (Å²) in [5.74, 6) is -0.683. The second-order valence-electron chi connectivity index (χ2n) is 7.68. The Morgan fingerprint density at radius 2 is 1.86 bits per heavy atom. The fraction of sp³-hybridized carbons (Fsp3) is 0.154. The maximum absolute atomic E-state index is 13.6. The summed E-state index contributed by atoms with van der Waals surface area (Å²) in [6.45, 7) is 6.63. The molecule has 0 saturated heterocycles. The largest absolute Gasteiger partial charge is 0.458 e. The van der Waals surface area contributed by atoms with Gasteiger partial charge in [0.05, 0.1) is 21.8 Å². The van der Waals surface area contributed by atoms with Gasteiger partial charge in [-0.3, -0.25) is 14.2 Å². The van der Waals surface area contributed by atoms with E-state index in [0.717, 1.165) is 5.56 Å². The highest BCUT2D eigenvalue weighted by Crippen LogP contribution is 2.31. The summed E-state index contributed by atoms with van der Waals surface area (Å²) in [4.78, 5) is 42.9. The van der Waals surface area contributed by atoms with Gasteiger partial charge in [0.1, 0.15) is 12.4 Å². The zero-order valence-electron chi connectivity index (χ0n) is 19.0. The first kappa shape index (κ1) is 24.4. The highest BCUT2D eigenvalue weighted by atomic mass is 35.5. The molecule has 0 fully saturated rings. The van der Waals surface area contributed by atoms with Crippen molar-refractivity contribution in [1.82, 2.24) is 4.57 Å². The van der Waals surface area contributed by atoms with Crippen LogP contribution in [-0.4, -0.2) is 23.1 Å². The summed E-state index contributed by atoms with van der Waals surface area (Å²) in [5.41, 5.74) is 1.85. The fourth-order valence-corrected chi connectivity index (χ4v) is 4.88. The second kappa shape index (κ2) is 10.2. The van der Waals surface area contributed by atoms with Gasteiger partial charge in [-0.25, -0.2) is 9.79 Å². The topological polar surface area (TPSA) is 87.0 Å². The minimum Gasteiger partial charge on any atom is -0.458 e. The molecule has 7 nitrogen and oxygen atoms in total. The number of thiazole rings is 1. The zero-order chi connectivity index (χ0) is 25.1. The Kier molecular flexibility index (Phi) is 7.14. The molecule has 178 valence electrons. The lowest BCUT2D eigenvalue weighted by atomic mass is 9.96. The van der Waals surface area contributed by atoms with Crippen molar-refractivity contribution in [1.29, 1.82) is 0 Å². The number of carbonyl (C=O) groups excluding carboxylic acids is 2. The molecule has 3 aromatic rings. The van der Waals surface area contributed by atoms with Crippen LogP contribution < -0.4 is 19.6 Å².